The van der Waals surface area contributed by atoms with Crippen LogP contribution in [0.1, 0.15) is 185 Å². The molecule has 0 radical (unpaired) electrons. The van der Waals surface area contributed by atoms with Crippen LogP contribution < -0.4 is 0 Å². The fourth-order valence-corrected chi connectivity index (χ4v) is 12.7. The largest absolute Gasteiger partial charge is 0.391 e. The van der Waals surface area contributed by atoms with E-state index in [2.05, 4.69) is 67.2 Å². The summed E-state index contributed by atoms with van der Waals surface area (Å²) in [6.07, 6.45) is 22.7. The number of rotatable bonds is 18. The van der Waals surface area contributed by atoms with Gasteiger partial charge in [0, 0.05) is 28.4 Å². The molecule has 0 aromatic heterocycles. The van der Waals surface area contributed by atoms with Gasteiger partial charge in [0.2, 0.25) is 0 Å². The molecule has 4 saturated carbocycles. The van der Waals surface area contributed by atoms with Gasteiger partial charge in [-0.3, -0.25) is 0 Å². The summed E-state index contributed by atoms with van der Waals surface area (Å²) < 4.78 is 26.0. The lowest BCUT2D eigenvalue weighted by atomic mass is 9.60. The summed E-state index contributed by atoms with van der Waals surface area (Å²) in [5.41, 5.74) is 0.441. The van der Waals surface area contributed by atoms with Crippen molar-refractivity contribution in [2.75, 3.05) is 24.7 Å². The van der Waals surface area contributed by atoms with Crippen LogP contribution >= 0.6 is 23.5 Å². The van der Waals surface area contributed by atoms with Gasteiger partial charge in [0.1, 0.15) is 0 Å². The molecule has 3 atom stereocenters. The Morgan fingerprint density at radius 2 is 0.852 bits per heavy atom. The minimum atomic E-state index is -0.480. The molecular weight excluding hydrogens is 709 g/mol. The standard InChI is InChI=1S/C45H80O5S2.C2H6/c1-42(2,49-38-21-13-33(14-22-38)45(7,8)32-11-19-37(20-12-32)48-28-41-30-52-41)25-35(46)27-47-36-17-9-31(10-18-36)44(5,6)34-15-23-39(24-16-34)50-43(3,4)26-40-29-51-40;1-2/h31-41,46H,9-30H2,1-8H3;1-2H3. The summed E-state index contributed by atoms with van der Waals surface area (Å²) in [6.45, 7) is 24.6. The molecule has 1 N–H and O–H groups in total. The molecule has 0 aromatic rings. The number of aliphatic hydroxyl groups is 1. The van der Waals surface area contributed by atoms with E-state index in [1.807, 2.05) is 25.6 Å². The van der Waals surface area contributed by atoms with Gasteiger partial charge in [0.25, 0.3) is 0 Å². The van der Waals surface area contributed by atoms with E-state index in [1.165, 1.54) is 95.0 Å². The maximum Gasteiger partial charge on any atom is 0.0801 e. The average molecular weight is 795 g/mol. The Morgan fingerprint density at radius 1 is 0.500 bits per heavy atom. The number of hydrogen-bond donors (Lipinski definition) is 1. The van der Waals surface area contributed by atoms with Gasteiger partial charge in [-0.05, 0) is 171 Å². The summed E-state index contributed by atoms with van der Waals surface area (Å²) in [4.78, 5) is 0. The zero-order chi connectivity index (χ0) is 39.1. The fraction of sp³-hybridized carbons (Fsp3) is 1.00. The molecule has 0 spiro atoms. The maximum atomic E-state index is 11.1. The Morgan fingerprint density at radius 3 is 1.24 bits per heavy atom. The fourth-order valence-electron chi connectivity index (χ4n) is 11.5. The highest BCUT2D eigenvalue weighted by Crippen LogP contribution is 2.51. The van der Waals surface area contributed by atoms with Crippen molar-refractivity contribution in [3.05, 3.63) is 0 Å². The molecule has 2 saturated heterocycles. The van der Waals surface area contributed by atoms with Crippen LogP contribution in [0.2, 0.25) is 0 Å². The molecular formula is C47H86O5S2. The normalized spacial score (nSPS) is 35.8. The maximum absolute atomic E-state index is 11.1. The first-order valence-electron chi connectivity index (χ1n) is 23.1. The lowest BCUT2D eigenvalue weighted by Crippen LogP contribution is -2.42. The second-order valence-electron chi connectivity index (χ2n) is 20.9. The van der Waals surface area contributed by atoms with Gasteiger partial charge in [0.05, 0.1) is 54.9 Å². The number of aliphatic hydroxyl groups excluding tert-OH is 1. The summed E-state index contributed by atoms with van der Waals surface area (Å²) in [7, 11) is 0. The highest BCUT2D eigenvalue weighted by molar-refractivity contribution is 8.07. The summed E-state index contributed by atoms with van der Waals surface area (Å²) >= 11 is 4.13. The van der Waals surface area contributed by atoms with Gasteiger partial charge < -0.3 is 24.1 Å². The highest BCUT2D eigenvalue weighted by atomic mass is 32.2. The van der Waals surface area contributed by atoms with Crippen LogP contribution in [0.25, 0.3) is 0 Å². The van der Waals surface area contributed by atoms with Gasteiger partial charge in [-0.15, -0.1) is 0 Å². The summed E-state index contributed by atoms with van der Waals surface area (Å²) in [6, 6.07) is 0. The second kappa shape index (κ2) is 20.2. The zero-order valence-corrected chi connectivity index (χ0v) is 38.4. The van der Waals surface area contributed by atoms with Crippen molar-refractivity contribution >= 4 is 23.5 Å². The predicted octanol–water partition coefficient (Wildman–Crippen LogP) is 12.3. The van der Waals surface area contributed by atoms with E-state index in [1.54, 1.807) is 0 Å². The van der Waals surface area contributed by atoms with Crippen molar-refractivity contribution in [2.45, 2.75) is 237 Å². The molecule has 3 unspecified atom stereocenters. The predicted molar refractivity (Wildman–Crippen MR) is 232 cm³/mol. The molecule has 0 aromatic carbocycles. The number of hydrogen-bond acceptors (Lipinski definition) is 7. The number of ether oxygens (including phenoxy) is 4. The van der Waals surface area contributed by atoms with E-state index >= 15 is 0 Å². The van der Waals surface area contributed by atoms with Crippen LogP contribution in [0.15, 0.2) is 0 Å². The zero-order valence-electron chi connectivity index (χ0n) is 36.8. The Hall–Kier alpha value is 0.500. The minimum Gasteiger partial charge on any atom is -0.391 e. The second-order valence-corrected chi connectivity index (χ2v) is 23.6. The van der Waals surface area contributed by atoms with Crippen molar-refractivity contribution in [1.29, 1.82) is 0 Å². The molecule has 316 valence electrons. The quantitative estimate of drug-likeness (QED) is 0.139. The SMILES string of the molecule is CC.CC(C)(CC(O)COC1CCC(C(C)(C)C2CCC(OC(C)(C)CC3CS3)CC2)CC1)OC1CCC(C(C)(C)C2CCC(OCC3CS3)CC2)CC1. The van der Waals surface area contributed by atoms with Gasteiger partial charge in [-0.25, -0.2) is 0 Å². The van der Waals surface area contributed by atoms with Crippen molar-refractivity contribution in [3.8, 4) is 0 Å². The van der Waals surface area contributed by atoms with Crippen molar-refractivity contribution in [2.24, 2.45) is 34.5 Å². The topological polar surface area (TPSA) is 57.2 Å². The van der Waals surface area contributed by atoms with Crippen LogP contribution in [0.3, 0.4) is 0 Å². The Kier molecular flexibility index (Phi) is 17.0. The van der Waals surface area contributed by atoms with E-state index in [-0.39, 0.29) is 17.3 Å². The first-order chi connectivity index (χ1) is 25.6. The van der Waals surface area contributed by atoms with Crippen LogP contribution in [-0.4, -0.2) is 82.0 Å². The third-order valence-electron chi connectivity index (χ3n) is 15.2. The van der Waals surface area contributed by atoms with Crippen molar-refractivity contribution in [1.82, 2.24) is 0 Å². The third-order valence-corrected chi connectivity index (χ3v) is 17.1. The molecule has 7 heteroatoms. The Balaban J connectivity index is 0.00000276. The van der Waals surface area contributed by atoms with E-state index in [0.29, 0.717) is 42.2 Å². The molecule has 6 fully saturated rings. The van der Waals surface area contributed by atoms with E-state index in [0.717, 1.165) is 66.5 Å². The van der Waals surface area contributed by atoms with E-state index < -0.39 is 6.10 Å². The number of thioether (sulfide) groups is 2. The lowest BCUT2D eigenvalue weighted by Gasteiger charge is -2.47. The van der Waals surface area contributed by atoms with E-state index in [4.69, 9.17) is 18.9 Å². The molecule has 0 amide bonds. The Bertz CT molecular complexity index is 1070. The van der Waals surface area contributed by atoms with Crippen molar-refractivity contribution < 1.29 is 24.1 Å². The molecule has 0 bridgehead atoms. The molecule has 2 aliphatic heterocycles. The summed E-state index contributed by atoms with van der Waals surface area (Å²) in [5.74, 6) is 5.79. The molecule has 54 heavy (non-hydrogen) atoms. The van der Waals surface area contributed by atoms with E-state index in [9.17, 15) is 5.11 Å². The monoisotopic (exact) mass is 795 g/mol. The van der Waals surface area contributed by atoms with Crippen LogP contribution in [0.5, 0.6) is 0 Å². The first-order valence-corrected chi connectivity index (χ1v) is 25.2. The molecule has 4 aliphatic carbocycles. The van der Waals surface area contributed by atoms with Gasteiger partial charge in [0.15, 0.2) is 0 Å². The smallest absolute Gasteiger partial charge is 0.0801 e. The Labute approximate surface area is 342 Å². The van der Waals surface area contributed by atoms with Gasteiger partial charge in [-0.1, -0.05) is 41.5 Å². The average Bonchev–Trinajstić information content (AvgIpc) is 4.09. The molecule has 6 aliphatic rings. The van der Waals surface area contributed by atoms with Crippen molar-refractivity contribution in [3.63, 3.8) is 0 Å². The molecule has 2 heterocycles. The molecule has 5 nitrogen and oxygen atoms in total. The summed E-state index contributed by atoms with van der Waals surface area (Å²) in [5, 5.41) is 12.7. The van der Waals surface area contributed by atoms with Crippen LogP contribution in [-0.2, 0) is 18.9 Å². The highest BCUT2D eigenvalue weighted by Gasteiger charge is 2.44. The lowest BCUT2D eigenvalue weighted by molar-refractivity contribution is -0.125. The molecule has 6 rings (SSSR count). The third kappa shape index (κ3) is 13.8. The van der Waals surface area contributed by atoms with Crippen LogP contribution in [0, 0.1) is 34.5 Å². The van der Waals surface area contributed by atoms with Crippen LogP contribution in [0.4, 0.5) is 0 Å². The van der Waals surface area contributed by atoms with Gasteiger partial charge in [-0.2, -0.15) is 23.5 Å². The first kappa shape index (κ1) is 45.6. The van der Waals surface area contributed by atoms with Gasteiger partial charge >= 0.3 is 0 Å². The minimum absolute atomic E-state index is 0.0242.